The average Bonchev–Trinajstić information content (AvgIpc) is 2.48. The van der Waals surface area contributed by atoms with Gasteiger partial charge in [0.1, 0.15) is 5.75 Å². The van der Waals surface area contributed by atoms with Crippen molar-refractivity contribution in [2.24, 2.45) is 5.92 Å². The van der Waals surface area contributed by atoms with Crippen molar-refractivity contribution < 1.29 is 23.0 Å². The number of amides is 1. The first-order valence-electron chi connectivity index (χ1n) is 7.46. The first kappa shape index (κ1) is 16.7. The van der Waals surface area contributed by atoms with Gasteiger partial charge < -0.3 is 14.8 Å². The Morgan fingerprint density at radius 1 is 1.45 bits per heavy atom. The second-order valence-corrected chi connectivity index (χ2v) is 5.65. The summed E-state index contributed by atoms with van der Waals surface area (Å²) in [4.78, 5) is 12.0. The molecule has 22 heavy (non-hydrogen) atoms. The zero-order valence-electron chi connectivity index (χ0n) is 12.8. The number of carbonyl (C=O) groups excluding carboxylic acids is 1. The first-order valence-corrected chi connectivity index (χ1v) is 7.46. The van der Waals surface area contributed by atoms with Crippen LogP contribution in [0.5, 0.6) is 5.75 Å². The molecule has 1 N–H and O–H groups in total. The molecular weight excluding hydrogens is 292 g/mol. The Morgan fingerprint density at radius 3 is 2.91 bits per heavy atom. The number of benzene rings is 1. The van der Waals surface area contributed by atoms with E-state index < -0.39 is 17.7 Å². The Morgan fingerprint density at radius 2 is 2.23 bits per heavy atom. The van der Waals surface area contributed by atoms with E-state index in [1.165, 1.54) is 6.07 Å². The summed E-state index contributed by atoms with van der Waals surface area (Å²) >= 11 is 0. The lowest BCUT2D eigenvalue weighted by Gasteiger charge is -2.27. The van der Waals surface area contributed by atoms with Gasteiger partial charge in [0.25, 0.3) is 5.91 Å². The Labute approximate surface area is 128 Å². The van der Waals surface area contributed by atoms with Crippen molar-refractivity contribution in [1.82, 2.24) is 5.32 Å². The molecule has 4 nitrogen and oxygen atoms in total. The van der Waals surface area contributed by atoms with Crippen LogP contribution in [0.3, 0.4) is 0 Å². The van der Waals surface area contributed by atoms with Crippen LogP contribution in [0.15, 0.2) is 18.2 Å². The second-order valence-electron chi connectivity index (χ2n) is 5.65. The smallest absolute Gasteiger partial charge is 0.260 e. The minimum atomic E-state index is -0.999. The molecule has 3 atom stereocenters. The maximum absolute atomic E-state index is 13.1. The summed E-state index contributed by atoms with van der Waals surface area (Å²) in [7, 11) is 0. The molecule has 0 saturated carbocycles. The van der Waals surface area contributed by atoms with Crippen LogP contribution in [0.4, 0.5) is 8.78 Å². The van der Waals surface area contributed by atoms with Crippen LogP contribution in [0, 0.1) is 17.6 Å². The van der Waals surface area contributed by atoms with Crippen molar-refractivity contribution in [2.45, 2.75) is 38.9 Å². The van der Waals surface area contributed by atoms with Gasteiger partial charge in [-0.3, -0.25) is 4.79 Å². The third-order valence-corrected chi connectivity index (χ3v) is 3.73. The fourth-order valence-corrected chi connectivity index (χ4v) is 2.47. The normalized spacial score (nSPS) is 22.9. The SMILES string of the molecule is C[C@@H]1C[C@@H](CNC(=O)[C@H](C)Oc2ccc(F)c(F)c2)CCO1. The van der Waals surface area contributed by atoms with Crippen molar-refractivity contribution in [3.63, 3.8) is 0 Å². The van der Waals surface area contributed by atoms with Crippen LogP contribution in [-0.2, 0) is 9.53 Å². The van der Waals surface area contributed by atoms with Gasteiger partial charge in [-0.25, -0.2) is 8.78 Å². The van der Waals surface area contributed by atoms with Gasteiger partial charge in [-0.15, -0.1) is 0 Å². The van der Waals surface area contributed by atoms with Crippen LogP contribution in [0.2, 0.25) is 0 Å². The fraction of sp³-hybridized carbons (Fsp3) is 0.562. The van der Waals surface area contributed by atoms with Gasteiger partial charge in [-0.1, -0.05) is 0 Å². The van der Waals surface area contributed by atoms with E-state index in [0.29, 0.717) is 19.1 Å². The van der Waals surface area contributed by atoms with Crippen LogP contribution in [-0.4, -0.2) is 31.3 Å². The summed E-state index contributed by atoms with van der Waals surface area (Å²) in [6, 6.07) is 3.19. The highest BCUT2D eigenvalue weighted by molar-refractivity contribution is 5.80. The molecule has 0 aromatic heterocycles. The van der Waals surface area contributed by atoms with Gasteiger partial charge in [0.15, 0.2) is 17.7 Å². The number of carbonyl (C=O) groups is 1. The molecule has 2 rings (SSSR count). The lowest BCUT2D eigenvalue weighted by molar-refractivity contribution is -0.127. The molecule has 1 aromatic rings. The summed E-state index contributed by atoms with van der Waals surface area (Å²) in [5.41, 5.74) is 0. The maximum Gasteiger partial charge on any atom is 0.260 e. The molecule has 1 saturated heterocycles. The largest absolute Gasteiger partial charge is 0.481 e. The van der Waals surface area contributed by atoms with Gasteiger partial charge in [0.05, 0.1) is 6.10 Å². The third-order valence-electron chi connectivity index (χ3n) is 3.73. The standard InChI is InChI=1S/C16H21F2NO3/c1-10-7-12(5-6-21-10)9-19-16(20)11(2)22-13-3-4-14(17)15(18)8-13/h3-4,8,10-12H,5-7,9H2,1-2H3,(H,19,20)/t10-,11+,12+/m1/s1. The van der Waals surface area contributed by atoms with Crippen LogP contribution < -0.4 is 10.1 Å². The van der Waals surface area contributed by atoms with Crippen LogP contribution in [0.25, 0.3) is 0 Å². The van der Waals surface area contributed by atoms with Crippen LogP contribution in [0.1, 0.15) is 26.7 Å². The molecule has 1 aliphatic rings. The molecule has 122 valence electrons. The number of rotatable bonds is 5. The third kappa shape index (κ3) is 4.66. The second kappa shape index (κ2) is 7.54. The van der Waals surface area contributed by atoms with Crippen molar-refractivity contribution in [3.8, 4) is 5.75 Å². The molecule has 0 bridgehead atoms. The van der Waals surface area contributed by atoms with Crippen molar-refractivity contribution >= 4 is 5.91 Å². The lowest BCUT2D eigenvalue weighted by atomic mass is 9.96. The highest BCUT2D eigenvalue weighted by Gasteiger charge is 2.21. The van der Waals surface area contributed by atoms with Crippen molar-refractivity contribution in [3.05, 3.63) is 29.8 Å². The van der Waals surface area contributed by atoms with Crippen molar-refractivity contribution in [1.29, 1.82) is 0 Å². The summed E-state index contributed by atoms with van der Waals surface area (Å²) in [5.74, 6) is -1.70. The van der Waals surface area contributed by atoms with Gasteiger partial charge in [0.2, 0.25) is 0 Å². The molecule has 1 fully saturated rings. The number of hydrogen-bond donors (Lipinski definition) is 1. The van der Waals surface area contributed by atoms with E-state index in [1.807, 2.05) is 6.92 Å². The predicted octanol–water partition coefficient (Wildman–Crippen LogP) is 2.66. The van der Waals surface area contributed by atoms with Crippen molar-refractivity contribution in [2.75, 3.05) is 13.2 Å². The minimum absolute atomic E-state index is 0.126. The van der Waals surface area contributed by atoms with E-state index in [-0.39, 0.29) is 17.8 Å². The highest BCUT2D eigenvalue weighted by atomic mass is 19.2. The Hall–Kier alpha value is -1.69. The summed E-state index contributed by atoms with van der Waals surface area (Å²) in [5, 5.41) is 2.83. The molecule has 6 heteroatoms. The number of nitrogens with one attached hydrogen (secondary N) is 1. The zero-order chi connectivity index (χ0) is 16.1. The van der Waals surface area contributed by atoms with E-state index in [9.17, 15) is 13.6 Å². The van der Waals surface area contributed by atoms with E-state index in [0.717, 1.165) is 25.0 Å². The first-order chi connectivity index (χ1) is 10.5. The fourth-order valence-electron chi connectivity index (χ4n) is 2.47. The molecule has 1 aliphatic heterocycles. The highest BCUT2D eigenvalue weighted by Crippen LogP contribution is 2.19. The van der Waals surface area contributed by atoms with E-state index in [4.69, 9.17) is 9.47 Å². The molecular formula is C16H21F2NO3. The van der Waals surface area contributed by atoms with Gasteiger partial charge in [-0.2, -0.15) is 0 Å². The minimum Gasteiger partial charge on any atom is -0.481 e. The quantitative estimate of drug-likeness (QED) is 0.909. The van der Waals surface area contributed by atoms with Gasteiger partial charge >= 0.3 is 0 Å². The Balaban J connectivity index is 1.80. The number of hydrogen-bond acceptors (Lipinski definition) is 3. The molecule has 1 heterocycles. The zero-order valence-corrected chi connectivity index (χ0v) is 12.8. The van der Waals surface area contributed by atoms with Gasteiger partial charge in [0, 0.05) is 19.2 Å². The maximum atomic E-state index is 13.1. The van der Waals surface area contributed by atoms with E-state index >= 15 is 0 Å². The van der Waals surface area contributed by atoms with Gasteiger partial charge in [-0.05, 0) is 44.7 Å². The topological polar surface area (TPSA) is 47.6 Å². The molecule has 0 radical (unpaired) electrons. The predicted molar refractivity (Wildman–Crippen MR) is 77.6 cm³/mol. The molecule has 0 spiro atoms. The summed E-state index contributed by atoms with van der Waals surface area (Å²) in [6.45, 7) is 4.87. The average molecular weight is 313 g/mol. The van der Waals surface area contributed by atoms with E-state index in [1.54, 1.807) is 6.92 Å². The molecule has 0 aliphatic carbocycles. The lowest BCUT2D eigenvalue weighted by Crippen LogP contribution is -2.40. The number of halogens is 2. The Bertz CT molecular complexity index is 524. The number of ether oxygens (including phenoxy) is 2. The van der Waals surface area contributed by atoms with Crippen LogP contribution >= 0.6 is 0 Å². The monoisotopic (exact) mass is 313 g/mol. The molecule has 1 amide bonds. The Kier molecular flexibility index (Phi) is 5.71. The molecule has 0 unspecified atom stereocenters. The molecule has 1 aromatic carbocycles. The summed E-state index contributed by atoms with van der Waals surface area (Å²) < 4.78 is 36.7. The van der Waals surface area contributed by atoms with E-state index in [2.05, 4.69) is 5.32 Å². The summed E-state index contributed by atoms with van der Waals surface area (Å²) in [6.07, 6.45) is 1.27.